The van der Waals surface area contributed by atoms with E-state index in [4.69, 9.17) is 9.72 Å². The maximum atomic E-state index is 12.3. The molecule has 0 unspecified atom stereocenters. The summed E-state index contributed by atoms with van der Waals surface area (Å²) in [5.41, 5.74) is 1.53. The fourth-order valence-corrected chi connectivity index (χ4v) is 4.16. The fraction of sp³-hybridized carbons (Fsp3) is 0.600. The van der Waals surface area contributed by atoms with Gasteiger partial charge in [-0.25, -0.2) is 13.8 Å². The first-order chi connectivity index (χ1) is 13.2. The van der Waals surface area contributed by atoms with E-state index in [1.165, 1.54) is 11.3 Å². The summed E-state index contributed by atoms with van der Waals surface area (Å²) in [5, 5.41) is 4.09. The third-order valence-corrected chi connectivity index (χ3v) is 5.71. The molecule has 5 nitrogen and oxygen atoms in total. The Labute approximate surface area is 168 Å². The Hall–Kier alpha value is -1.80. The number of halogens is 2. The summed E-state index contributed by atoms with van der Waals surface area (Å²) < 4.78 is 32.3. The molecule has 0 saturated carbocycles. The number of hydrogen-bond donors (Lipinski definition) is 1. The molecular weight excluding hydrogens is 384 g/mol. The Kier molecular flexibility index (Phi) is 6.50. The highest BCUT2D eigenvalue weighted by Crippen LogP contribution is 2.30. The highest BCUT2D eigenvalue weighted by molar-refractivity contribution is 7.12. The van der Waals surface area contributed by atoms with Gasteiger partial charge in [0.1, 0.15) is 5.82 Å². The third kappa shape index (κ3) is 5.17. The van der Waals surface area contributed by atoms with Crippen molar-refractivity contribution in [1.82, 2.24) is 14.9 Å². The first kappa shape index (κ1) is 20.9. The molecule has 154 valence electrons. The van der Waals surface area contributed by atoms with Crippen LogP contribution in [0.25, 0.3) is 11.3 Å². The van der Waals surface area contributed by atoms with Crippen molar-refractivity contribution >= 4 is 17.2 Å². The fourth-order valence-electron chi connectivity index (χ4n) is 3.35. The molecule has 8 heteroatoms. The van der Waals surface area contributed by atoms with Crippen LogP contribution in [-0.2, 0) is 16.7 Å². The van der Waals surface area contributed by atoms with Crippen molar-refractivity contribution in [2.45, 2.75) is 52.0 Å². The van der Waals surface area contributed by atoms with Gasteiger partial charge in [-0.2, -0.15) is 0 Å². The number of nitrogens with zero attached hydrogens (tertiary/aromatic N) is 2. The summed E-state index contributed by atoms with van der Waals surface area (Å²) in [4.78, 5) is 17.3. The molecule has 2 aromatic heterocycles. The molecule has 0 radical (unpaired) electrons. The van der Waals surface area contributed by atoms with E-state index in [0.29, 0.717) is 10.8 Å². The maximum Gasteiger partial charge on any atom is 0.261 e. The average molecular weight is 412 g/mol. The number of alkyl halides is 2. The number of amides is 1. The van der Waals surface area contributed by atoms with E-state index in [2.05, 4.69) is 30.7 Å². The quantitative estimate of drug-likeness (QED) is 0.770. The van der Waals surface area contributed by atoms with Crippen LogP contribution in [0.5, 0.6) is 0 Å². The first-order valence-electron chi connectivity index (χ1n) is 9.54. The topological polar surface area (TPSA) is 56.2 Å². The first-order valence-corrected chi connectivity index (χ1v) is 10.4. The largest absolute Gasteiger partial charge is 0.381 e. The molecule has 0 aliphatic carbocycles. The number of nitrogens with one attached hydrogen (secondary N) is 1. The predicted molar refractivity (Wildman–Crippen MR) is 106 cm³/mol. The normalized spacial score (nSPS) is 15.9. The van der Waals surface area contributed by atoms with Crippen molar-refractivity contribution in [3.05, 3.63) is 28.3 Å². The van der Waals surface area contributed by atoms with Gasteiger partial charge in [-0.1, -0.05) is 20.8 Å². The van der Waals surface area contributed by atoms with Gasteiger partial charge in [0.05, 0.1) is 17.1 Å². The van der Waals surface area contributed by atoms with Crippen LogP contribution in [-0.4, -0.2) is 41.6 Å². The van der Waals surface area contributed by atoms with Crippen molar-refractivity contribution < 1.29 is 18.3 Å². The highest BCUT2D eigenvalue weighted by atomic mass is 32.1. The summed E-state index contributed by atoms with van der Waals surface area (Å²) in [6.45, 7) is 8.27. The van der Waals surface area contributed by atoms with Gasteiger partial charge in [0.15, 0.2) is 0 Å². The number of ether oxygens (including phenoxy) is 1. The van der Waals surface area contributed by atoms with Gasteiger partial charge in [0.25, 0.3) is 12.3 Å². The van der Waals surface area contributed by atoms with Crippen molar-refractivity contribution in [3.8, 4) is 11.3 Å². The van der Waals surface area contributed by atoms with Crippen LogP contribution < -0.4 is 5.32 Å². The van der Waals surface area contributed by atoms with Gasteiger partial charge in [-0.15, -0.1) is 11.3 Å². The molecule has 0 atom stereocenters. The Bertz CT molecular complexity index is 805. The molecule has 1 amide bonds. The molecular formula is C20H27F2N3O2S. The predicted octanol–water partition coefficient (Wildman–Crippen LogP) is 4.33. The number of carbonyl (C=O) groups is 1. The van der Waals surface area contributed by atoms with Crippen molar-refractivity contribution in [2.24, 2.45) is 5.92 Å². The lowest BCUT2D eigenvalue weighted by atomic mass is 9.94. The molecule has 3 heterocycles. The number of thiophene rings is 1. The Morgan fingerprint density at radius 3 is 2.75 bits per heavy atom. The maximum absolute atomic E-state index is 12.3. The number of imidazole rings is 1. The molecule has 1 N–H and O–H groups in total. The zero-order valence-electron chi connectivity index (χ0n) is 16.5. The Morgan fingerprint density at radius 1 is 1.39 bits per heavy atom. The van der Waals surface area contributed by atoms with Crippen molar-refractivity contribution in [2.75, 3.05) is 19.8 Å². The molecule has 1 saturated heterocycles. The smallest absolute Gasteiger partial charge is 0.261 e. The molecule has 0 bridgehead atoms. The van der Waals surface area contributed by atoms with E-state index < -0.39 is 18.9 Å². The minimum Gasteiger partial charge on any atom is -0.381 e. The van der Waals surface area contributed by atoms with Crippen LogP contribution in [0.1, 0.15) is 49.1 Å². The second kappa shape index (κ2) is 8.69. The lowest BCUT2D eigenvalue weighted by Crippen LogP contribution is -2.27. The minimum absolute atomic E-state index is 0.114. The standard InChI is InChI=1S/C20H27F2N3O2S/c1-20(2,3)19-24-15(11-25(19)10-13-4-6-27-7-5-13)14-8-16(28-12-14)18(26)23-9-17(21)22/h8,11-13,17H,4-7,9-10H2,1-3H3,(H,23,26). The summed E-state index contributed by atoms with van der Waals surface area (Å²) >= 11 is 1.24. The van der Waals surface area contributed by atoms with Gasteiger partial charge in [-0.05, 0) is 24.8 Å². The second-order valence-corrected chi connectivity index (χ2v) is 9.12. The molecule has 28 heavy (non-hydrogen) atoms. The van der Waals surface area contributed by atoms with Gasteiger partial charge >= 0.3 is 0 Å². The Morgan fingerprint density at radius 2 is 2.11 bits per heavy atom. The lowest BCUT2D eigenvalue weighted by molar-refractivity contribution is 0.0607. The van der Waals surface area contributed by atoms with E-state index in [0.717, 1.165) is 49.7 Å². The van der Waals surface area contributed by atoms with E-state index in [9.17, 15) is 13.6 Å². The minimum atomic E-state index is -2.56. The second-order valence-electron chi connectivity index (χ2n) is 8.21. The van der Waals surface area contributed by atoms with E-state index in [1.807, 2.05) is 11.6 Å². The highest BCUT2D eigenvalue weighted by Gasteiger charge is 2.25. The molecule has 0 spiro atoms. The van der Waals surface area contributed by atoms with Gasteiger partial charge in [0, 0.05) is 42.3 Å². The van der Waals surface area contributed by atoms with Gasteiger partial charge in [-0.3, -0.25) is 4.79 Å². The molecule has 1 aliphatic rings. The zero-order chi connectivity index (χ0) is 20.3. The van der Waals surface area contributed by atoms with Crippen LogP contribution >= 0.6 is 11.3 Å². The van der Waals surface area contributed by atoms with Crippen LogP contribution in [0.15, 0.2) is 17.6 Å². The summed E-state index contributed by atoms with van der Waals surface area (Å²) in [5.74, 6) is 1.09. The number of aromatic nitrogens is 2. The Balaban J connectivity index is 1.81. The SMILES string of the molecule is CC(C)(C)c1nc(-c2csc(C(=O)NCC(F)F)c2)cn1CC1CCOCC1. The summed E-state index contributed by atoms with van der Waals surface area (Å²) in [6.07, 6.45) is 1.58. The third-order valence-electron chi connectivity index (χ3n) is 4.78. The van der Waals surface area contributed by atoms with Crippen molar-refractivity contribution in [3.63, 3.8) is 0 Å². The number of hydrogen-bond acceptors (Lipinski definition) is 4. The van der Waals surface area contributed by atoms with Gasteiger partial charge < -0.3 is 14.6 Å². The summed E-state index contributed by atoms with van der Waals surface area (Å²) in [7, 11) is 0. The molecule has 1 aliphatic heterocycles. The number of carbonyl (C=O) groups excluding carboxylic acids is 1. The van der Waals surface area contributed by atoms with Crippen LogP contribution in [0, 0.1) is 5.92 Å². The van der Waals surface area contributed by atoms with Gasteiger partial charge in [0.2, 0.25) is 0 Å². The van der Waals surface area contributed by atoms with E-state index in [1.54, 1.807) is 6.07 Å². The molecule has 2 aromatic rings. The molecule has 0 aromatic carbocycles. The lowest BCUT2D eigenvalue weighted by Gasteiger charge is -2.25. The van der Waals surface area contributed by atoms with Crippen molar-refractivity contribution in [1.29, 1.82) is 0 Å². The number of rotatable bonds is 6. The summed E-state index contributed by atoms with van der Waals surface area (Å²) in [6, 6.07) is 1.72. The van der Waals surface area contributed by atoms with Crippen LogP contribution in [0.3, 0.4) is 0 Å². The molecule has 3 rings (SSSR count). The van der Waals surface area contributed by atoms with Crippen LogP contribution in [0.4, 0.5) is 8.78 Å². The average Bonchev–Trinajstić information content (AvgIpc) is 3.27. The monoisotopic (exact) mass is 411 g/mol. The molecule has 1 fully saturated rings. The zero-order valence-corrected chi connectivity index (χ0v) is 17.3. The van der Waals surface area contributed by atoms with E-state index >= 15 is 0 Å². The van der Waals surface area contributed by atoms with E-state index in [-0.39, 0.29) is 5.41 Å². The van der Waals surface area contributed by atoms with Crippen LogP contribution in [0.2, 0.25) is 0 Å².